The van der Waals surface area contributed by atoms with E-state index < -0.39 is 15.9 Å². The zero-order valence-corrected chi connectivity index (χ0v) is 18.4. The van der Waals surface area contributed by atoms with Crippen LogP contribution >= 0.6 is 34.8 Å². The zero-order valence-electron chi connectivity index (χ0n) is 16.2. The zero-order chi connectivity index (χ0) is 21.4. The number of hydrogen-bond acceptors (Lipinski definition) is 4. The lowest BCUT2D eigenvalue weighted by Crippen LogP contribution is -2.49. The van der Waals surface area contributed by atoms with Crippen LogP contribution in [0.3, 0.4) is 0 Å². The number of aryl methyl sites for hydroxylation is 1. The van der Waals surface area contributed by atoms with Crippen molar-refractivity contribution >= 4 is 52.4 Å². The van der Waals surface area contributed by atoms with Crippen molar-refractivity contribution in [1.29, 1.82) is 0 Å². The molecular formula is C21H23Cl3N2O3. The average molecular weight is 458 g/mol. The molecule has 0 spiro atoms. The number of anilines is 1. The summed E-state index contributed by atoms with van der Waals surface area (Å²) in [6, 6.07) is 13.6. The van der Waals surface area contributed by atoms with Crippen LogP contribution in [0.4, 0.5) is 5.69 Å². The fraction of sp³-hybridized carbons (Fsp3) is 0.333. The lowest BCUT2D eigenvalue weighted by molar-refractivity contribution is 0.0499. The lowest BCUT2D eigenvalue weighted by atomic mass is 10.1. The summed E-state index contributed by atoms with van der Waals surface area (Å²) < 4.78 is 3.37. The Balaban J connectivity index is 2.06. The lowest BCUT2D eigenvalue weighted by Gasteiger charge is -2.27. The molecule has 0 aromatic heterocycles. The van der Waals surface area contributed by atoms with Crippen LogP contribution in [-0.4, -0.2) is 28.4 Å². The second-order valence-corrected chi connectivity index (χ2v) is 8.90. The summed E-state index contributed by atoms with van der Waals surface area (Å²) in [7, 11) is 0. The van der Waals surface area contributed by atoms with E-state index in [4.69, 9.17) is 39.5 Å². The highest BCUT2D eigenvalue weighted by atomic mass is 35.6. The van der Waals surface area contributed by atoms with Gasteiger partial charge >= 0.3 is 5.97 Å². The van der Waals surface area contributed by atoms with E-state index >= 15 is 0 Å². The van der Waals surface area contributed by atoms with Crippen molar-refractivity contribution in [2.75, 3.05) is 11.9 Å². The molecule has 2 rings (SSSR count). The number of alkyl halides is 3. The highest BCUT2D eigenvalue weighted by Gasteiger charge is 2.34. The fourth-order valence-corrected chi connectivity index (χ4v) is 2.79. The van der Waals surface area contributed by atoms with Gasteiger partial charge in [-0.25, -0.2) is 4.79 Å². The molecule has 5 nitrogen and oxygen atoms in total. The number of unbranched alkanes of at least 4 members (excludes halogenated alkanes) is 1. The summed E-state index contributed by atoms with van der Waals surface area (Å²) in [6.07, 6.45) is 0.766. The number of benzene rings is 2. The Morgan fingerprint density at radius 1 is 1.07 bits per heavy atom. The van der Waals surface area contributed by atoms with Crippen LogP contribution < -0.4 is 10.6 Å². The van der Waals surface area contributed by atoms with Gasteiger partial charge in [-0.2, -0.15) is 0 Å². The van der Waals surface area contributed by atoms with E-state index in [0.717, 1.165) is 18.4 Å². The molecule has 1 amide bonds. The van der Waals surface area contributed by atoms with Crippen LogP contribution in [-0.2, 0) is 4.74 Å². The molecule has 0 bridgehead atoms. The Hall–Kier alpha value is -1.95. The minimum Gasteiger partial charge on any atom is -0.462 e. The second-order valence-electron chi connectivity index (χ2n) is 6.53. The Bertz CT molecular complexity index is 836. The van der Waals surface area contributed by atoms with Crippen LogP contribution in [0.5, 0.6) is 0 Å². The molecule has 0 fully saturated rings. The summed E-state index contributed by atoms with van der Waals surface area (Å²) in [5.74, 6) is -0.774. The highest BCUT2D eigenvalue weighted by Crippen LogP contribution is 2.31. The van der Waals surface area contributed by atoms with Gasteiger partial charge in [-0.1, -0.05) is 65.8 Å². The molecule has 29 heavy (non-hydrogen) atoms. The van der Waals surface area contributed by atoms with Crippen molar-refractivity contribution < 1.29 is 14.3 Å². The Kier molecular flexibility index (Phi) is 8.62. The van der Waals surface area contributed by atoms with Gasteiger partial charge in [0.05, 0.1) is 12.2 Å². The van der Waals surface area contributed by atoms with Crippen LogP contribution in [0.2, 0.25) is 0 Å². The van der Waals surface area contributed by atoms with Crippen molar-refractivity contribution in [3.63, 3.8) is 0 Å². The molecule has 1 atom stereocenters. The fourth-order valence-electron chi connectivity index (χ4n) is 2.46. The largest absolute Gasteiger partial charge is 0.462 e. The molecule has 8 heteroatoms. The Morgan fingerprint density at radius 2 is 1.76 bits per heavy atom. The third-order valence-corrected chi connectivity index (χ3v) is 4.70. The highest BCUT2D eigenvalue weighted by molar-refractivity contribution is 6.68. The number of halogens is 3. The maximum absolute atomic E-state index is 12.5. The van der Waals surface area contributed by atoms with Gasteiger partial charge in [0.15, 0.2) is 0 Å². The summed E-state index contributed by atoms with van der Waals surface area (Å²) in [5, 5.41) is 5.66. The third-order valence-electron chi connectivity index (χ3n) is 4.05. The number of nitrogens with one attached hydrogen (secondary N) is 2. The van der Waals surface area contributed by atoms with Gasteiger partial charge in [0.25, 0.3) is 5.91 Å². The summed E-state index contributed by atoms with van der Waals surface area (Å²) in [5.41, 5.74) is 2.38. The normalized spacial score (nSPS) is 12.2. The van der Waals surface area contributed by atoms with Gasteiger partial charge in [-0.15, -0.1) is 0 Å². The molecule has 0 aliphatic carbocycles. The van der Waals surface area contributed by atoms with E-state index in [-0.39, 0.29) is 5.91 Å². The van der Waals surface area contributed by atoms with Crippen molar-refractivity contribution in [1.82, 2.24) is 5.32 Å². The molecule has 0 aliphatic heterocycles. The van der Waals surface area contributed by atoms with Crippen LogP contribution in [0.15, 0.2) is 48.5 Å². The van der Waals surface area contributed by atoms with Crippen LogP contribution in [0.1, 0.15) is 46.0 Å². The molecule has 156 valence electrons. The standard InChI is InChI=1S/C21H23Cl3N2O3/c1-3-4-12-29-19(28)15-8-10-17(11-9-15)25-20(21(22,23)24)26-18(27)16-7-5-6-14(2)13-16/h5-11,13,20,25H,3-4,12H2,1-2H3,(H,26,27). The van der Waals surface area contributed by atoms with E-state index in [1.807, 2.05) is 19.9 Å². The number of rotatable bonds is 8. The van der Waals surface area contributed by atoms with Crippen molar-refractivity contribution in [3.8, 4) is 0 Å². The number of carbonyl (C=O) groups excluding carboxylic acids is 2. The number of amides is 1. The first-order valence-electron chi connectivity index (χ1n) is 9.18. The van der Waals surface area contributed by atoms with Gasteiger partial charge in [-0.3, -0.25) is 4.79 Å². The maximum atomic E-state index is 12.5. The topological polar surface area (TPSA) is 67.4 Å². The van der Waals surface area contributed by atoms with Crippen molar-refractivity contribution in [2.24, 2.45) is 0 Å². The average Bonchev–Trinajstić information content (AvgIpc) is 2.67. The first-order chi connectivity index (χ1) is 13.7. The summed E-state index contributed by atoms with van der Waals surface area (Å²) in [6.45, 7) is 4.29. The quantitative estimate of drug-likeness (QED) is 0.238. The van der Waals surface area contributed by atoms with E-state index in [9.17, 15) is 9.59 Å². The molecule has 2 N–H and O–H groups in total. The molecule has 0 heterocycles. The SMILES string of the molecule is CCCCOC(=O)c1ccc(NC(NC(=O)c2cccc(C)c2)C(Cl)(Cl)Cl)cc1. The van der Waals surface area contributed by atoms with Gasteiger partial charge in [-0.05, 0) is 49.7 Å². The second kappa shape index (κ2) is 10.7. The van der Waals surface area contributed by atoms with E-state index in [0.29, 0.717) is 23.4 Å². The smallest absolute Gasteiger partial charge is 0.338 e. The Morgan fingerprint density at radius 3 is 2.34 bits per heavy atom. The van der Waals surface area contributed by atoms with Gasteiger partial charge < -0.3 is 15.4 Å². The minimum atomic E-state index is -1.81. The summed E-state index contributed by atoms with van der Waals surface area (Å²) >= 11 is 18.1. The van der Waals surface area contributed by atoms with Crippen molar-refractivity contribution in [2.45, 2.75) is 36.6 Å². The monoisotopic (exact) mass is 456 g/mol. The molecule has 0 saturated heterocycles. The maximum Gasteiger partial charge on any atom is 0.338 e. The predicted octanol–water partition coefficient (Wildman–Crippen LogP) is 5.49. The first kappa shape index (κ1) is 23.3. The molecule has 2 aromatic carbocycles. The third kappa shape index (κ3) is 7.42. The minimum absolute atomic E-state index is 0.381. The number of hydrogen-bond donors (Lipinski definition) is 2. The molecule has 0 aliphatic rings. The van der Waals surface area contributed by atoms with E-state index in [2.05, 4.69) is 10.6 Å². The molecule has 0 saturated carbocycles. The molecule has 2 aromatic rings. The Labute approximate surface area is 185 Å². The predicted molar refractivity (Wildman–Crippen MR) is 118 cm³/mol. The van der Waals surface area contributed by atoms with Crippen molar-refractivity contribution in [3.05, 3.63) is 65.2 Å². The first-order valence-corrected chi connectivity index (χ1v) is 10.3. The van der Waals surface area contributed by atoms with Gasteiger partial charge in [0, 0.05) is 11.3 Å². The number of carbonyl (C=O) groups is 2. The number of ether oxygens (including phenoxy) is 1. The van der Waals surface area contributed by atoms with Gasteiger partial charge in [0.2, 0.25) is 3.79 Å². The van der Waals surface area contributed by atoms with Gasteiger partial charge in [0.1, 0.15) is 6.17 Å². The van der Waals surface area contributed by atoms with Crippen LogP contribution in [0.25, 0.3) is 0 Å². The number of esters is 1. The van der Waals surface area contributed by atoms with E-state index in [1.165, 1.54) is 0 Å². The van der Waals surface area contributed by atoms with E-state index in [1.54, 1.807) is 42.5 Å². The van der Waals surface area contributed by atoms with Crippen LogP contribution in [0, 0.1) is 6.92 Å². The summed E-state index contributed by atoms with van der Waals surface area (Å²) in [4.78, 5) is 24.5. The molecular weight excluding hydrogens is 435 g/mol. The molecule has 0 radical (unpaired) electrons. The molecule has 1 unspecified atom stereocenters.